The van der Waals surface area contributed by atoms with Gasteiger partial charge in [0.15, 0.2) is 0 Å². The fourth-order valence-electron chi connectivity index (χ4n) is 4.57. The molecule has 3 atom stereocenters. The summed E-state index contributed by atoms with van der Waals surface area (Å²) in [5.74, 6) is -1.42. The summed E-state index contributed by atoms with van der Waals surface area (Å²) >= 11 is 1.49. The molecular weight excluding hydrogens is 590 g/mol. The van der Waals surface area contributed by atoms with Gasteiger partial charge >= 0.3 is 12.1 Å². The molecule has 0 aromatic heterocycles. The van der Waals surface area contributed by atoms with Crippen molar-refractivity contribution >= 4 is 35.6 Å². The van der Waals surface area contributed by atoms with Crippen molar-refractivity contribution in [1.29, 1.82) is 0 Å². The molecule has 0 fully saturated rings. The topological polar surface area (TPSA) is 114 Å². The zero-order chi connectivity index (χ0) is 33.9. The van der Waals surface area contributed by atoms with Gasteiger partial charge in [0.2, 0.25) is 5.91 Å². The number of carbonyl (C=O) groups excluding carboxylic acids is 4. The maximum Gasteiger partial charge on any atom is 0.408 e. The Kier molecular flexibility index (Phi) is 13.5. The van der Waals surface area contributed by atoms with E-state index in [1.807, 2.05) is 62.6 Å². The van der Waals surface area contributed by atoms with E-state index in [4.69, 9.17) is 15.9 Å². The molecule has 0 bridgehead atoms. The second-order valence-corrected chi connectivity index (χ2v) is 13.9. The Bertz CT molecular complexity index is 1370. The molecule has 0 spiro atoms. The van der Waals surface area contributed by atoms with Gasteiger partial charge in [0.1, 0.15) is 29.3 Å². The van der Waals surface area contributed by atoms with Crippen molar-refractivity contribution in [3.63, 3.8) is 0 Å². The molecule has 2 rings (SSSR count). The van der Waals surface area contributed by atoms with E-state index < -0.39 is 53.2 Å². The Morgan fingerprint density at radius 3 is 2.07 bits per heavy atom. The van der Waals surface area contributed by atoms with E-state index in [0.29, 0.717) is 11.3 Å². The number of alkyl carbamates (subject to hydrolysis) is 1. The van der Waals surface area contributed by atoms with Crippen molar-refractivity contribution < 1.29 is 28.7 Å². The van der Waals surface area contributed by atoms with Crippen LogP contribution < -0.4 is 10.6 Å². The number of nitrogens with one attached hydrogen (secondary N) is 2. The van der Waals surface area contributed by atoms with Gasteiger partial charge in [-0.2, -0.15) is 11.8 Å². The van der Waals surface area contributed by atoms with Gasteiger partial charge < -0.3 is 20.1 Å². The van der Waals surface area contributed by atoms with Crippen molar-refractivity contribution in [2.75, 3.05) is 12.0 Å². The number of thioether (sulfide) groups is 1. The van der Waals surface area contributed by atoms with Crippen LogP contribution in [0.15, 0.2) is 48.5 Å². The van der Waals surface area contributed by atoms with E-state index in [9.17, 15) is 19.2 Å². The largest absolute Gasteiger partial charge is 0.458 e. The molecule has 10 heteroatoms. The van der Waals surface area contributed by atoms with Crippen LogP contribution in [0.1, 0.15) is 76.3 Å². The summed E-state index contributed by atoms with van der Waals surface area (Å²) in [6.45, 7) is 14.1. The number of rotatable bonds is 12. The molecule has 3 unspecified atom stereocenters. The van der Waals surface area contributed by atoms with Gasteiger partial charge in [-0.25, -0.2) is 9.59 Å². The third-order valence-corrected chi connectivity index (χ3v) is 7.14. The van der Waals surface area contributed by atoms with Crippen LogP contribution in [0.4, 0.5) is 4.79 Å². The molecule has 0 saturated heterocycles. The lowest BCUT2D eigenvalue weighted by atomic mass is 9.96. The molecule has 244 valence electrons. The van der Waals surface area contributed by atoms with Gasteiger partial charge in [-0.05, 0) is 90.5 Å². The van der Waals surface area contributed by atoms with E-state index in [2.05, 4.69) is 16.7 Å². The first-order chi connectivity index (χ1) is 21.0. The lowest BCUT2D eigenvalue weighted by molar-refractivity contribution is -0.159. The Labute approximate surface area is 272 Å². The summed E-state index contributed by atoms with van der Waals surface area (Å²) in [7, 11) is 0. The van der Waals surface area contributed by atoms with E-state index in [-0.39, 0.29) is 12.8 Å². The standard InChI is InChI=1S/C35H47N3O6S/c1-11-38(31(40)27(19-20-45-10)37-33(42)44-35(7,8)9)29(26-18-17-23(2)21-24(26)3)30(39)36-28(32(41)43-34(4,5)6)22-25-15-13-12-14-16-25/h1,12-18,21,27-29H,19-20,22H2,2-10H3,(H,36,39)(H,37,42). The monoisotopic (exact) mass is 637 g/mol. The molecule has 2 N–H and O–H groups in total. The van der Waals surface area contributed by atoms with Crippen LogP contribution in [-0.4, -0.2) is 64.1 Å². The number of amides is 3. The third-order valence-electron chi connectivity index (χ3n) is 6.49. The van der Waals surface area contributed by atoms with Gasteiger partial charge in [0.25, 0.3) is 5.91 Å². The third kappa shape index (κ3) is 12.1. The predicted octanol–water partition coefficient (Wildman–Crippen LogP) is 5.48. The maximum absolute atomic E-state index is 14.3. The molecule has 9 nitrogen and oxygen atoms in total. The zero-order valence-electron chi connectivity index (χ0n) is 27.9. The summed E-state index contributed by atoms with van der Waals surface area (Å²) in [4.78, 5) is 55.5. The highest BCUT2D eigenvalue weighted by Gasteiger charge is 2.38. The SMILES string of the molecule is C#CN(C(=O)C(CCSC)NC(=O)OC(C)(C)C)C(C(=O)NC(Cc1ccccc1)C(=O)OC(C)(C)C)c1ccc(C)cc1C. The number of carbonyl (C=O) groups is 4. The summed E-state index contributed by atoms with van der Waals surface area (Å²) in [6.07, 6.45) is 7.46. The fraction of sp³-hybridized carbons (Fsp3) is 0.486. The summed E-state index contributed by atoms with van der Waals surface area (Å²) in [5, 5.41) is 5.48. The molecule has 0 aliphatic heterocycles. The minimum atomic E-state index is -1.32. The quantitative estimate of drug-likeness (QED) is 0.180. The normalized spacial score (nSPS) is 13.4. The summed E-state index contributed by atoms with van der Waals surface area (Å²) in [5.41, 5.74) is 1.37. The van der Waals surface area contributed by atoms with Crippen molar-refractivity contribution in [2.45, 2.75) is 97.6 Å². The van der Waals surface area contributed by atoms with E-state index in [0.717, 1.165) is 21.6 Å². The molecule has 0 aliphatic carbocycles. The number of hydrogen-bond donors (Lipinski definition) is 2. The number of terminal acetylenes is 1. The molecule has 0 radical (unpaired) electrons. The van der Waals surface area contributed by atoms with E-state index >= 15 is 0 Å². The molecule has 2 aromatic rings. The lowest BCUT2D eigenvalue weighted by Gasteiger charge is -2.32. The van der Waals surface area contributed by atoms with Gasteiger partial charge in [-0.3, -0.25) is 14.5 Å². The summed E-state index contributed by atoms with van der Waals surface area (Å²) < 4.78 is 11.1. The second-order valence-electron chi connectivity index (χ2n) is 12.9. The van der Waals surface area contributed by atoms with E-state index in [1.54, 1.807) is 47.6 Å². The maximum atomic E-state index is 14.3. The highest BCUT2D eigenvalue weighted by atomic mass is 32.2. The number of ether oxygens (including phenoxy) is 2. The number of esters is 1. The number of hydrogen-bond acceptors (Lipinski definition) is 7. The average Bonchev–Trinajstić information content (AvgIpc) is 2.92. The Morgan fingerprint density at radius 1 is 0.911 bits per heavy atom. The summed E-state index contributed by atoms with van der Waals surface area (Å²) in [6, 6.07) is 13.6. The molecule has 0 heterocycles. The average molecular weight is 638 g/mol. The zero-order valence-corrected chi connectivity index (χ0v) is 28.7. The Balaban J connectivity index is 2.57. The molecule has 0 aliphatic rings. The number of nitrogens with zero attached hydrogens (tertiary/aromatic N) is 1. The van der Waals surface area contributed by atoms with Crippen LogP contribution in [0, 0.1) is 26.3 Å². The van der Waals surface area contributed by atoms with Gasteiger partial charge in [0, 0.05) is 12.5 Å². The lowest BCUT2D eigenvalue weighted by Crippen LogP contribution is -2.54. The minimum Gasteiger partial charge on any atom is -0.458 e. The first-order valence-corrected chi connectivity index (χ1v) is 16.3. The molecule has 0 saturated carbocycles. The van der Waals surface area contributed by atoms with Crippen LogP contribution in [0.5, 0.6) is 0 Å². The Morgan fingerprint density at radius 2 is 1.53 bits per heavy atom. The van der Waals surface area contributed by atoms with Crippen molar-refractivity contribution in [3.8, 4) is 12.5 Å². The molecule has 3 amide bonds. The van der Waals surface area contributed by atoms with Crippen LogP contribution in [-0.2, 0) is 30.3 Å². The first kappa shape index (κ1) is 37.2. The van der Waals surface area contributed by atoms with Crippen LogP contribution >= 0.6 is 11.8 Å². The first-order valence-electron chi connectivity index (χ1n) is 14.9. The molecule has 2 aromatic carbocycles. The smallest absolute Gasteiger partial charge is 0.408 e. The number of benzene rings is 2. The number of aryl methyl sites for hydroxylation is 2. The predicted molar refractivity (Wildman–Crippen MR) is 178 cm³/mol. The minimum absolute atomic E-state index is 0.154. The van der Waals surface area contributed by atoms with Crippen LogP contribution in [0.3, 0.4) is 0 Å². The highest BCUT2D eigenvalue weighted by molar-refractivity contribution is 7.98. The van der Waals surface area contributed by atoms with Crippen molar-refractivity contribution in [2.24, 2.45) is 0 Å². The van der Waals surface area contributed by atoms with Crippen molar-refractivity contribution in [1.82, 2.24) is 15.5 Å². The fourth-order valence-corrected chi connectivity index (χ4v) is 5.04. The molecule has 45 heavy (non-hydrogen) atoms. The van der Waals surface area contributed by atoms with Gasteiger partial charge in [0.05, 0.1) is 0 Å². The van der Waals surface area contributed by atoms with E-state index in [1.165, 1.54) is 11.8 Å². The van der Waals surface area contributed by atoms with Crippen LogP contribution in [0.25, 0.3) is 0 Å². The Hall–Kier alpha value is -3.97. The van der Waals surface area contributed by atoms with Crippen LogP contribution in [0.2, 0.25) is 0 Å². The van der Waals surface area contributed by atoms with Gasteiger partial charge in [-0.15, -0.1) is 0 Å². The highest BCUT2D eigenvalue weighted by Crippen LogP contribution is 2.27. The molecular formula is C35H47N3O6S. The second kappa shape index (κ2) is 16.4. The van der Waals surface area contributed by atoms with Gasteiger partial charge in [-0.1, -0.05) is 60.5 Å². The van der Waals surface area contributed by atoms with Crippen molar-refractivity contribution in [3.05, 3.63) is 70.8 Å².